The van der Waals surface area contributed by atoms with Crippen LogP contribution < -0.4 is 72.0 Å². The molecule has 4 atom stereocenters. The SMILES string of the molecule is Nc1ncnc2c1ncn2[C@@H]1O[C@H](COP(=O)([O-])[O-])[C@@H](OP(=O)([O-])[O-])[C@H]1OP(=O)([O-])[O-].[NH4+].[NH4+].[NH4+].[NH4+].[NH4+].[NH4+]. The number of fused-ring (bicyclic) bond motifs is 1. The third-order valence-electron chi connectivity index (χ3n) is 3.85. The van der Waals surface area contributed by atoms with E-state index < -0.39 is 54.6 Å². The third-order valence-corrected chi connectivity index (χ3v) is 5.31. The highest BCUT2D eigenvalue weighted by Crippen LogP contribution is 2.46. The summed E-state index contributed by atoms with van der Waals surface area (Å²) < 4.78 is 51.9. The van der Waals surface area contributed by atoms with Crippen molar-refractivity contribution in [2.45, 2.75) is 24.5 Å². The zero-order valence-corrected chi connectivity index (χ0v) is 23.4. The van der Waals surface area contributed by atoms with E-state index in [-0.39, 0.29) is 53.9 Å². The van der Waals surface area contributed by atoms with Crippen LogP contribution in [-0.4, -0.2) is 44.4 Å². The Labute approximate surface area is 208 Å². The molecule has 27 heteroatoms. The predicted molar refractivity (Wildman–Crippen MR) is 118 cm³/mol. The van der Waals surface area contributed by atoms with Gasteiger partial charge in [-0.1, -0.05) is 0 Å². The van der Waals surface area contributed by atoms with Gasteiger partial charge in [0.15, 0.2) is 17.7 Å². The molecule has 0 amide bonds. The molecule has 1 fully saturated rings. The number of rotatable bonds is 8. The number of hydrogen-bond donors (Lipinski definition) is 7. The number of imidazole rings is 1. The van der Waals surface area contributed by atoms with Gasteiger partial charge in [0.05, 0.1) is 36.4 Å². The number of aromatic nitrogens is 4. The Balaban J connectivity index is -0.000000907. The summed E-state index contributed by atoms with van der Waals surface area (Å²) >= 11 is 0. The molecule has 2 aromatic heterocycles. The number of nitrogens with two attached hydrogens (primary N) is 1. The minimum atomic E-state index is -5.88. The molecule has 2 aromatic rings. The number of phosphoric ester groups is 3. The quantitative estimate of drug-likeness (QED) is 0.145. The first-order valence-electron chi connectivity index (χ1n) is 7.80. The molecule has 222 valence electrons. The summed E-state index contributed by atoms with van der Waals surface area (Å²) in [5.74, 6) is -0.118. The van der Waals surface area contributed by atoms with Crippen LogP contribution in [0.1, 0.15) is 6.23 Å². The zero-order valence-electron chi connectivity index (χ0n) is 20.7. The fourth-order valence-corrected chi connectivity index (χ4v) is 4.23. The topological polar surface area (TPSA) is 515 Å². The minimum absolute atomic E-state index is 0. The number of hydrogen-bond acceptors (Lipinski definition) is 17. The normalized spacial score (nSPS) is 21.2. The van der Waals surface area contributed by atoms with E-state index >= 15 is 0 Å². The molecule has 0 aliphatic carbocycles. The number of phosphoric acid groups is 3. The van der Waals surface area contributed by atoms with Gasteiger partial charge in [0.2, 0.25) is 0 Å². The third kappa shape index (κ3) is 11.0. The molecule has 0 radical (unpaired) electrons. The molecule has 1 aliphatic rings. The van der Waals surface area contributed by atoms with Crippen LogP contribution in [0.5, 0.6) is 0 Å². The molecule has 0 saturated carbocycles. The van der Waals surface area contributed by atoms with Crippen LogP contribution >= 0.6 is 23.5 Å². The predicted octanol–water partition coefficient (Wildman–Crippen LogP) is -3.16. The van der Waals surface area contributed by atoms with Gasteiger partial charge in [-0.2, -0.15) is 0 Å². The minimum Gasteiger partial charge on any atom is -0.790 e. The Hall–Kier alpha value is -1.60. The molecule has 0 aromatic carbocycles. The Kier molecular flexibility index (Phi) is 17.3. The first-order valence-corrected chi connectivity index (χ1v) is 12.2. The summed E-state index contributed by atoms with van der Waals surface area (Å²) in [5, 5.41) is 0. The highest BCUT2D eigenvalue weighted by molar-refractivity contribution is 7.43. The number of nitrogens with zero attached hydrogens (tertiary/aromatic N) is 4. The van der Waals surface area contributed by atoms with Gasteiger partial charge in [-0.15, -0.1) is 0 Å². The second-order valence-corrected chi connectivity index (χ2v) is 9.29. The van der Waals surface area contributed by atoms with Crippen molar-refractivity contribution in [3.05, 3.63) is 12.7 Å². The standard InChI is InChI=1S/C10H16N5O13P3.6H3N/c11-8-5-9(13-2-12-8)15(3-14-5)10-7(28-31(22,23)24)6(27-30(19,20)21)4(26-10)1-25-29(16,17)18;;;;;;/h2-4,6-7,10H,1H2,(H2,11,12,13)(H2,16,17,18)(H2,19,20,21)(H2,22,23,24);6*1H3/t4-,6-,7-,10-;;;;;;/m1....../s1. The second-order valence-electron chi connectivity index (χ2n) is 5.93. The first kappa shape index (κ1) is 42.5. The van der Waals surface area contributed by atoms with Crippen molar-refractivity contribution in [1.29, 1.82) is 0 Å². The van der Waals surface area contributed by atoms with Crippen LogP contribution in [0.2, 0.25) is 0 Å². The second kappa shape index (κ2) is 15.1. The lowest BCUT2D eigenvalue weighted by Gasteiger charge is -2.39. The van der Waals surface area contributed by atoms with E-state index in [0.717, 1.165) is 17.2 Å². The molecular formula is C10H34N11O13P3. The number of nitrogen functional groups attached to an aromatic ring is 1. The van der Waals surface area contributed by atoms with Crippen molar-refractivity contribution in [2.24, 2.45) is 0 Å². The van der Waals surface area contributed by atoms with Gasteiger partial charge in [-0.25, -0.2) is 15.0 Å². The molecule has 37 heavy (non-hydrogen) atoms. The summed E-state index contributed by atoms with van der Waals surface area (Å²) in [5.41, 5.74) is 5.50. The van der Waals surface area contributed by atoms with E-state index in [9.17, 15) is 43.1 Å². The zero-order chi connectivity index (χ0) is 23.2. The Morgan fingerprint density at radius 2 is 1.35 bits per heavy atom. The largest absolute Gasteiger partial charge is 0.790 e. The van der Waals surface area contributed by atoms with Crippen molar-refractivity contribution in [3.63, 3.8) is 0 Å². The van der Waals surface area contributed by atoms with Crippen LogP contribution in [0.25, 0.3) is 11.2 Å². The molecule has 26 N–H and O–H groups in total. The fraction of sp³-hybridized carbons (Fsp3) is 0.500. The average molecular weight is 609 g/mol. The van der Waals surface area contributed by atoms with Gasteiger partial charge in [-0.05, 0) is 0 Å². The molecular weight excluding hydrogens is 575 g/mol. The Morgan fingerprint density at radius 3 is 1.84 bits per heavy atom. The van der Waals surface area contributed by atoms with E-state index in [1.54, 1.807) is 0 Å². The molecule has 1 aliphatic heterocycles. The molecule has 1 saturated heterocycles. The molecule has 0 unspecified atom stereocenters. The lowest BCUT2D eigenvalue weighted by atomic mass is 10.1. The van der Waals surface area contributed by atoms with E-state index in [1.165, 1.54) is 0 Å². The van der Waals surface area contributed by atoms with E-state index in [0.29, 0.717) is 0 Å². The molecule has 3 rings (SSSR count). The van der Waals surface area contributed by atoms with Crippen molar-refractivity contribution in [1.82, 2.24) is 56.4 Å². The van der Waals surface area contributed by atoms with Crippen molar-refractivity contribution < 1.29 is 61.4 Å². The highest BCUT2D eigenvalue weighted by atomic mass is 31.2. The molecule has 0 bridgehead atoms. The maximum Gasteiger partial charge on any atom is 0.167 e. The summed E-state index contributed by atoms with van der Waals surface area (Å²) in [6.45, 7) is -1.21. The Morgan fingerprint density at radius 1 is 0.838 bits per heavy atom. The smallest absolute Gasteiger partial charge is 0.167 e. The lowest BCUT2D eigenvalue weighted by molar-refractivity contribution is -0.356. The van der Waals surface area contributed by atoms with Crippen molar-refractivity contribution in [2.75, 3.05) is 12.3 Å². The van der Waals surface area contributed by atoms with Gasteiger partial charge in [0.25, 0.3) is 0 Å². The lowest BCUT2D eigenvalue weighted by Crippen LogP contribution is -2.41. The van der Waals surface area contributed by atoms with Gasteiger partial charge < -0.3 is 104 Å². The van der Waals surface area contributed by atoms with Crippen LogP contribution in [0.3, 0.4) is 0 Å². The molecule has 3 heterocycles. The summed E-state index contributed by atoms with van der Waals surface area (Å²) in [4.78, 5) is 77.6. The van der Waals surface area contributed by atoms with Gasteiger partial charge in [0, 0.05) is 0 Å². The van der Waals surface area contributed by atoms with Crippen molar-refractivity contribution >= 4 is 40.4 Å². The number of quaternary nitrogens is 6. The van der Waals surface area contributed by atoms with E-state index in [4.69, 9.17) is 10.5 Å². The number of ether oxygens (including phenoxy) is 1. The number of anilines is 1. The summed E-state index contributed by atoms with van der Waals surface area (Å²) in [6, 6.07) is 0. The maximum absolute atomic E-state index is 11.2. The fourth-order valence-electron chi connectivity index (χ4n) is 2.82. The first-order chi connectivity index (χ1) is 14.1. The van der Waals surface area contributed by atoms with Crippen LogP contribution in [0.4, 0.5) is 5.82 Å². The molecule has 24 nitrogen and oxygen atoms in total. The van der Waals surface area contributed by atoms with Gasteiger partial charge in [-0.3, -0.25) is 4.57 Å². The summed E-state index contributed by atoms with van der Waals surface area (Å²) in [6.07, 6.45) is -6.10. The monoisotopic (exact) mass is 609 g/mol. The average Bonchev–Trinajstić information content (AvgIpc) is 3.13. The maximum atomic E-state index is 11.2. The van der Waals surface area contributed by atoms with E-state index in [2.05, 4.69) is 28.5 Å². The van der Waals surface area contributed by atoms with Gasteiger partial charge in [0.1, 0.15) is 30.2 Å². The van der Waals surface area contributed by atoms with E-state index in [1.807, 2.05) is 0 Å². The molecule has 0 spiro atoms. The van der Waals surface area contributed by atoms with Crippen molar-refractivity contribution in [3.8, 4) is 0 Å². The highest BCUT2D eigenvalue weighted by Gasteiger charge is 2.49. The Bertz CT molecular complexity index is 1110. The van der Waals surface area contributed by atoms with Crippen LogP contribution in [-0.2, 0) is 32.0 Å². The van der Waals surface area contributed by atoms with Gasteiger partial charge >= 0.3 is 0 Å². The van der Waals surface area contributed by atoms with Crippen LogP contribution in [0.15, 0.2) is 12.7 Å². The summed E-state index contributed by atoms with van der Waals surface area (Å²) in [7, 11) is -17.4. The van der Waals surface area contributed by atoms with Crippen LogP contribution in [0, 0.1) is 0 Å².